The Hall–Kier alpha value is -2.49. The van der Waals surface area contributed by atoms with Crippen molar-refractivity contribution < 1.29 is 9.18 Å². The summed E-state index contributed by atoms with van der Waals surface area (Å²) in [5.41, 5.74) is 1.24. The minimum atomic E-state index is -0.302. The molecule has 0 saturated carbocycles. The Bertz CT molecular complexity index is 1220. The van der Waals surface area contributed by atoms with Gasteiger partial charge in [-0.05, 0) is 42.1 Å². The lowest BCUT2D eigenvalue weighted by molar-refractivity contribution is -0.120. The van der Waals surface area contributed by atoms with Crippen molar-refractivity contribution in [2.24, 2.45) is 0 Å². The summed E-state index contributed by atoms with van der Waals surface area (Å²) in [6.45, 7) is 2.35. The topological polar surface area (TPSA) is 74.8 Å². The molecule has 0 bridgehead atoms. The van der Waals surface area contributed by atoms with E-state index < -0.39 is 0 Å². The first kappa shape index (κ1) is 20.8. The van der Waals surface area contributed by atoms with Gasteiger partial charge in [0.05, 0.1) is 23.1 Å². The number of halogens is 1. The van der Waals surface area contributed by atoms with Crippen LogP contribution in [0, 0.1) is 5.82 Å². The molecule has 2 N–H and O–H groups in total. The maximum Gasteiger partial charge on any atom is 0.268 e. The van der Waals surface area contributed by atoms with Crippen LogP contribution in [0.15, 0.2) is 52.6 Å². The maximum atomic E-state index is 13.2. The van der Waals surface area contributed by atoms with Gasteiger partial charge in [-0.3, -0.25) is 9.59 Å². The molecule has 1 amide bonds. The minimum Gasteiger partial charge on any atom is -0.350 e. The number of benzene rings is 1. The molecule has 30 heavy (non-hydrogen) atoms. The number of nitrogens with one attached hydrogen (secondary N) is 2. The second-order valence-electron chi connectivity index (χ2n) is 6.59. The number of fused-ring (bicyclic) bond motifs is 1. The third-order valence-electron chi connectivity index (χ3n) is 4.42. The van der Waals surface area contributed by atoms with E-state index in [0.717, 1.165) is 15.3 Å². The maximum absolute atomic E-state index is 13.2. The summed E-state index contributed by atoms with van der Waals surface area (Å²) in [5.74, 6) is 0.592. The number of aromatic nitrogens is 2. The Morgan fingerprint density at radius 2 is 2.10 bits per heavy atom. The van der Waals surface area contributed by atoms with Gasteiger partial charge >= 0.3 is 0 Å². The fraction of sp³-hybridized carbons (Fsp3) is 0.190. The van der Waals surface area contributed by atoms with Crippen molar-refractivity contribution in [3.8, 4) is 10.4 Å². The van der Waals surface area contributed by atoms with Crippen molar-refractivity contribution >= 4 is 50.6 Å². The highest BCUT2D eigenvalue weighted by atomic mass is 32.2. The highest BCUT2D eigenvalue weighted by Crippen LogP contribution is 2.31. The van der Waals surface area contributed by atoms with Gasteiger partial charge in [0.15, 0.2) is 0 Å². The monoisotopic (exact) mass is 459 g/mol. The molecule has 0 spiro atoms. The lowest BCUT2D eigenvalue weighted by Gasteiger charge is -2.11. The average molecular weight is 460 g/mol. The number of hydrogen-bond acceptors (Lipinski definition) is 6. The Kier molecular flexibility index (Phi) is 6.31. The third kappa shape index (κ3) is 4.80. The molecule has 0 fully saturated rings. The van der Waals surface area contributed by atoms with Gasteiger partial charge in [-0.2, -0.15) is 0 Å². The lowest BCUT2D eigenvalue weighted by Crippen LogP contribution is -2.30. The van der Waals surface area contributed by atoms with Crippen LogP contribution >= 0.6 is 34.4 Å². The van der Waals surface area contributed by atoms with Crippen LogP contribution in [0.1, 0.15) is 17.6 Å². The predicted octanol–water partition coefficient (Wildman–Crippen LogP) is 4.79. The van der Waals surface area contributed by atoms with Crippen molar-refractivity contribution in [1.29, 1.82) is 0 Å². The quantitative estimate of drug-likeness (QED) is 0.417. The van der Waals surface area contributed by atoms with Gasteiger partial charge < -0.3 is 10.3 Å². The number of nitrogens with zero attached hydrogens (tertiary/aromatic N) is 1. The van der Waals surface area contributed by atoms with E-state index in [4.69, 9.17) is 0 Å². The number of thiophene rings is 2. The van der Waals surface area contributed by atoms with Crippen molar-refractivity contribution in [1.82, 2.24) is 15.3 Å². The fourth-order valence-electron chi connectivity index (χ4n) is 2.82. The molecule has 9 heteroatoms. The van der Waals surface area contributed by atoms with Gasteiger partial charge in [0.2, 0.25) is 5.91 Å². The van der Waals surface area contributed by atoms with Crippen molar-refractivity contribution in [2.45, 2.75) is 24.5 Å². The van der Waals surface area contributed by atoms with Crippen LogP contribution in [0.5, 0.6) is 0 Å². The molecule has 3 aromatic heterocycles. The van der Waals surface area contributed by atoms with E-state index in [9.17, 15) is 14.0 Å². The zero-order valence-electron chi connectivity index (χ0n) is 16.0. The Labute approximate surface area is 184 Å². The number of rotatable bonds is 7. The van der Waals surface area contributed by atoms with Crippen LogP contribution in [0.2, 0.25) is 0 Å². The van der Waals surface area contributed by atoms with Crippen LogP contribution < -0.4 is 10.9 Å². The highest BCUT2D eigenvalue weighted by molar-refractivity contribution is 7.99. The number of thioether (sulfide) groups is 1. The number of carbonyl (C=O) groups is 1. The van der Waals surface area contributed by atoms with Gasteiger partial charge in [-0.25, -0.2) is 9.37 Å². The van der Waals surface area contributed by atoms with E-state index in [1.54, 1.807) is 23.5 Å². The van der Waals surface area contributed by atoms with E-state index in [1.807, 2.05) is 30.5 Å². The number of aromatic amines is 1. The molecule has 4 aromatic rings. The molecule has 3 heterocycles. The fourth-order valence-corrected chi connectivity index (χ4v) is 5.24. The molecule has 0 unspecified atom stereocenters. The molecular weight excluding hydrogens is 441 g/mol. The molecule has 0 aliphatic carbocycles. The smallest absolute Gasteiger partial charge is 0.268 e. The van der Waals surface area contributed by atoms with Crippen molar-refractivity contribution in [3.63, 3.8) is 0 Å². The average Bonchev–Trinajstić information content (AvgIpc) is 3.41. The molecule has 0 aliphatic rings. The summed E-state index contributed by atoms with van der Waals surface area (Å²) >= 11 is 4.35. The SMILES string of the molecule is C[C@H](SCc1nc2cc(-c3ccc(F)cc3)sc2c(=O)[nH]1)C(=O)NCc1cccs1. The molecule has 1 aromatic carbocycles. The van der Waals surface area contributed by atoms with Crippen LogP contribution in [0.3, 0.4) is 0 Å². The van der Waals surface area contributed by atoms with Gasteiger partial charge in [0, 0.05) is 9.75 Å². The Morgan fingerprint density at radius 1 is 1.30 bits per heavy atom. The number of amides is 1. The molecule has 0 aliphatic heterocycles. The van der Waals surface area contributed by atoms with E-state index >= 15 is 0 Å². The van der Waals surface area contributed by atoms with Gasteiger partial charge in [0.1, 0.15) is 16.3 Å². The molecule has 4 rings (SSSR count). The minimum absolute atomic E-state index is 0.0500. The largest absolute Gasteiger partial charge is 0.350 e. The van der Waals surface area contributed by atoms with Gasteiger partial charge in [-0.15, -0.1) is 34.4 Å². The number of hydrogen-bond donors (Lipinski definition) is 2. The van der Waals surface area contributed by atoms with Gasteiger partial charge in [0.25, 0.3) is 5.56 Å². The molecule has 5 nitrogen and oxygen atoms in total. The standard InChI is InChI=1S/C21H18FN3O2S3/c1-12(20(26)23-10-15-3-2-8-28-15)29-11-18-24-16-9-17(30-19(16)21(27)25-18)13-4-6-14(22)7-5-13/h2-9,12H,10-11H2,1H3,(H,23,26)(H,24,25,27)/t12-/m0/s1. The third-order valence-corrected chi connectivity index (χ3v) is 7.62. The van der Waals surface area contributed by atoms with Crippen LogP contribution in [-0.2, 0) is 17.1 Å². The summed E-state index contributed by atoms with van der Waals surface area (Å²) in [6.07, 6.45) is 0. The Balaban J connectivity index is 1.43. The zero-order valence-corrected chi connectivity index (χ0v) is 18.4. The van der Waals surface area contributed by atoms with Gasteiger partial charge in [-0.1, -0.05) is 18.2 Å². The first-order valence-electron chi connectivity index (χ1n) is 9.20. The molecule has 1 atom stereocenters. The van der Waals surface area contributed by atoms with Crippen molar-refractivity contribution in [3.05, 3.63) is 74.7 Å². The molecule has 0 saturated heterocycles. The van der Waals surface area contributed by atoms with E-state index in [0.29, 0.717) is 28.3 Å². The number of carbonyl (C=O) groups excluding carboxylic acids is 1. The number of H-pyrrole nitrogens is 1. The normalized spacial score (nSPS) is 12.2. The van der Waals surface area contributed by atoms with E-state index in [2.05, 4.69) is 15.3 Å². The lowest BCUT2D eigenvalue weighted by atomic mass is 10.2. The molecular formula is C21H18FN3O2S3. The van der Waals surface area contributed by atoms with Crippen molar-refractivity contribution in [2.75, 3.05) is 0 Å². The predicted molar refractivity (Wildman–Crippen MR) is 123 cm³/mol. The first-order valence-corrected chi connectivity index (χ1v) is 11.9. The molecule has 0 radical (unpaired) electrons. The summed E-state index contributed by atoms with van der Waals surface area (Å²) in [6, 6.07) is 11.9. The summed E-state index contributed by atoms with van der Waals surface area (Å²) in [4.78, 5) is 34.1. The van der Waals surface area contributed by atoms with Crippen LogP contribution in [0.25, 0.3) is 20.7 Å². The first-order chi connectivity index (χ1) is 14.5. The van der Waals surface area contributed by atoms with E-state index in [1.165, 1.54) is 35.2 Å². The van der Waals surface area contributed by atoms with Crippen LogP contribution in [-0.4, -0.2) is 21.1 Å². The highest BCUT2D eigenvalue weighted by Gasteiger charge is 2.15. The second kappa shape index (κ2) is 9.11. The summed E-state index contributed by atoms with van der Waals surface area (Å²) in [7, 11) is 0. The van der Waals surface area contributed by atoms with E-state index in [-0.39, 0.29) is 22.5 Å². The summed E-state index contributed by atoms with van der Waals surface area (Å²) in [5, 5.41) is 4.62. The molecule has 154 valence electrons. The summed E-state index contributed by atoms with van der Waals surface area (Å²) < 4.78 is 13.7. The van der Waals surface area contributed by atoms with Crippen LogP contribution in [0.4, 0.5) is 4.39 Å². The zero-order chi connectivity index (χ0) is 21.1. The Morgan fingerprint density at radius 3 is 2.83 bits per heavy atom. The second-order valence-corrected chi connectivity index (χ2v) is 10.0.